The van der Waals surface area contributed by atoms with Crippen molar-refractivity contribution in [2.45, 2.75) is 13.5 Å². The van der Waals surface area contributed by atoms with Crippen LogP contribution in [-0.4, -0.2) is 42.2 Å². The second kappa shape index (κ2) is 6.90. The van der Waals surface area contributed by atoms with Crippen molar-refractivity contribution in [3.8, 4) is 34.0 Å². The first-order valence-corrected chi connectivity index (χ1v) is 9.27. The maximum atomic E-state index is 12.0. The zero-order valence-electron chi connectivity index (χ0n) is 15.7. The van der Waals surface area contributed by atoms with E-state index >= 15 is 0 Å². The minimum Gasteiger partial charge on any atom is -0.349 e. The summed E-state index contributed by atoms with van der Waals surface area (Å²) in [4.78, 5) is 29.6. The van der Waals surface area contributed by atoms with E-state index in [1.165, 1.54) is 0 Å². The normalized spacial score (nSPS) is 13.1. The van der Waals surface area contributed by atoms with Crippen LogP contribution in [0.25, 0.3) is 34.0 Å². The van der Waals surface area contributed by atoms with E-state index in [0.717, 1.165) is 22.6 Å². The van der Waals surface area contributed by atoms with Crippen molar-refractivity contribution in [2.24, 2.45) is 0 Å². The predicted molar refractivity (Wildman–Crippen MR) is 107 cm³/mol. The summed E-state index contributed by atoms with van der Waals surface area (Å²) in [7, 11) is 0. The van der Waals surface area contributed by atoms with Crippen molar-refractivity contribution in [2.75, 3.05) is 6.54 Å². The Morgan fingerprint density at radius 3 is 2.45 bits per heavy atom. The van der Waals surface area contributed by atoms with Crippen molar-refractivity contribution in [1.82, 2.24) is 35.0 Å². The molecule has 8 nitrogen and oxygen atoms in total. The summed E-state index contributed by atoms with van der Waals surface area (Å²) >= 11 is 0. The molecule has 4 aromatic rings. The van der Waals surface area contributed by atoms with Gasteiger partial charge in [-0.1, -0.05) is 24.3 Å². The summed E-state index contributed by atoms with van der Waals surface area (Å²) in [6, 6.07) is 13.4. The van der Waals surface area contributed by atoms with Gasteiger partial charge in [0.05, 0.1) is 17.9 Å². The number of nitrogens with zero attached hydrogens (tertiary/aromatic N) is 6. The Bertz CT molecular complexity index is 1210. The SMILES string of the molecule is Cc1nccc(-c2ccc(-c3nccc(-c4cc5n(n4)CCNC5=O)n3)cc2)n1. The molecule has 0 aliphatic carbocycles. The lowest BCUT2D eigenvalue weighted by Gasteiger charge is -2.13. The first-order chi connectivity index (χ1) is 14.2. The standard InChI is InChI=1S/C21H17N7O/c1-13-22-8-6-16(25-13)14-2-4-15(5-3-14)20-23-9-7-17(26-20)18-12-19-21(29)24-10-11-28(19)27-18/h2-9,12H,10-11H2,1H3,(H,24,29). The van der Waals surface area contributed by atoms with Gasteiger partial charge in [-0.25, -0.2) is 19.9 Å². The van der Waals surface area contributed by atoms with E-state index in [2.05, 4.69) is 30.4 Å². The molecule has 1 aliphatic heterocycles. The van der Waals surface area contributed by atoms with E-state index in [-0.39, 0.29) is 5.91 Å². The van der Waals surface area contributed by atoms with Crippen LogP contribution >= 0.6 is 0 Å². The number of rotatable bonds is 3. The van der Waals surface area contributed by atoms with Crippen LogP contribution in [0.5, 0.6) is 0 Å². The number of aromatic nitrogens is 6. The van der Waals surface area contributed by atoms with Crippen LogP contribution in [0.2, 0.25) is 0 Å². The molecule has 0 bridgehead atoms. The summed E-state index contributed by atoms with van der Waals surface area (Å²) in [6.07, 6.45) is 3.46. The number of hydrogen-bond acceptors (Lipinski definition) is 6. The van der Waals surface area contributed by atoms with Gasteiger partial charge < -0.3 is 5.32 Å². The molecule has 4 heterocycles. The van der Waals surface area contributed by atoms with Gasteiger partial charge in [-0.15, -0.1) is 0 Å². The molecule has 29 heavy (non-hydrogen) atoms. The van der Waals surface area contributed by atoms with Crippen LogP contribution in [0.3, 0.4) is 0 Å². The molecule has 8 heteroatoms. The van der Waals surface area contributed by atoms with Gasteiger partial charge >= 0.3 is 0 Å². The smallest absolute Gasteiger partial charge is 0.269 e. The van der Waals surface area contributed by atoms with Crippen LogP contribution in [-0.2, 0) is 6.54 Å². The first kappa shape index (κ1) is 17.2. The Hall–Kier alpha value is -3.94. The minimum absolute atomic E-state index is 0.111. The fourth-order valence-corrected chi connectivity index (χ4v) is 3.31. The van der Waals surface area contributed by atoms with E-state index in [1.807, 2.05) is 37.3 Å². The van der Waals surface area contributed by atoms with E-state index < -0.39 is 0 Å². The monoisotopic (exact) mass is 383 g/mol. The van der Waals surface area contributed by atoms with Gasteiger partial charge in [0.2, 0.25) is 0 Å². The highest BCUT2D eigenvalue weighted by atomic mass is 16.2. The van der Waals surface area contributed by atoms with E-state index in [0.29, 0.717) is 36.0 Å². The zero-order chi connectivity index (χ0) is 19.8. The molecular formula is C21H17N7O. The Morgan fingerprint density at radius 1 is 0.897 bits per heavy atom. The molecule has 0 atom stereocenters. The quantitative estimate of drug-likeness (QED) is 0.584. The molecule has 1 aromatic carbocycles. The maximum Gasteiger partial charge on any atom is 0.269 e. The molecule has 5 rings (SSSR count). The molecule has 0 saturated carbocycles. The largest absolute Gasteiger partial charge is 0.349 e. The van der Waals surface area contributed by atoms with Gasteiger partial charge in [0.25, 0.3) is 5.91 Å². The number of hydrogen-bond donors (Lipinski definition) is 1. The molecule has 0 fully saturated rings. The molecular weight excluding hydrogens is 366 g/mol. The Balaban J connectivity index is 1.46. The third kappa shape index (κ3) is 3.25. The molecule has 0 saturated heterocycles. The van der Waals surface area contributed by atoms with Gasteiger partial charge in [-0.3, -0.25) is 9.48 Å². The molecule has 0 unspecified atom stereocenters. The second-order valence-corrected chi connectivity index (χ2v) is 6.73. The van der Waals surface area contributed by atoms with Gasteiger partial charge in [-0.05, 0) is 25.1 Å². The number of carbonyl (C=O) groups excluding carboxylic acids is 1. The molecule has 3 aromatic heterocycles. The summed E-state index contributed by atoms with van der Waals surface area (Å²) in [5.74, 6) is 1.22. The van der Waals surface area contributed by atoms with Crippen molar-refractivity contribution in [3.63, 3.8) is 0 Å². The number of aryl methyl sites for hydroxylation is 1. The molecule has 1 N–H and O–H groups in total. The number of nitrogens with one attached hydrogen (secondary N) is 1. The molecule has 0 spiro atoms. The van der Waals surface area contributed by atoms with Crippen LogP contribution in [0.4, 0.5) is 0 Å². The summed E-state index contributed by atoms with van der Waals surface area (Å²) in [6.45, 7) is 3.11. The third-order valence-electron chi connectivity index (χ3n) is 4.75. The van der Waals surface area contributed by atoms with Crippen molar-refractivity contribution in [1.29, 1.82) is 0 Å². The minimum atomic E-state index is -0.111. The number of carbonyl (C=O) groups is 1. The average molecular weight is 383 g/mol. The van der Waals surface area contributed by atoms with Gasteiger partial charge in [0.15, 0.2) is 5.82 Å². The predicted octanol–water partition coefficient (Wildman–Crippen LogP) is 2.52. The highest BCUT2D eigenvalue weighted by Gasteiger charge is 2.20. The first-order valence-electron chi connectivity index (χ1n) is 9.27. The van der Waals surface area contributed by atoms with E-state index in [4.69, 9.17) is 0 Å². The molecule has 1 aliphatic rings. The van der Waals surface area contributed by atoms with Crippen LogP contribution in [0, 0.1) is 6.92 Å². The Morgan fingerprint density at radius 2 is 1.66 bits per heavy atom. The lowest BCUT2D eigenvalue weighted by molar-refractivity contribution is 0.0924. The Labute approximate surface area is 166 Å². The number of fused-ring (bicyclic) bond motifs is 1. The summed E-state index contributed by atoms with van der Waals surface area (Å²) in [5.41, 5.74) is 4.66. The highest BCUT2D eigenvalue weighted by molar-refractivity contribution is 5.94. The van der Waals surface area contributed by atoms with Gasteiger partial charge in [-0.2, -0.15) is 5.10 Å². The second-order valence-electron chi connectivity index (χ2n) is 6.73. The van der Waals surface area contributed by atoms with E-state index in [9.17, 15) is 4.79 Å². The Kier molecular flexibility index (Phi) is 4.09. The van der Waals surface area contributed by atoms with Crippen LogP contribution in [0.15, 0.2) is 54.9 Å². The summed E-state index contributed by atoms with van der Waals surface area (Å²) in [5, 5.41) is 7.34. The van der Waals surface area contributed by atoms with Crippen molar-refractivity contribution >= 4 is 5.91 Å². The maximum absolute atomic E-state index is 12.0. The van der Waals surface area contributed by atoms with Crippen molar-refractivity contribution in [3.05, 3.63) is 66.4 Å². The molecule has 0 radical (unpaired) electrons. The molecule has 142 valence electrons. The lowest BCUT2D eigenvalue weighted by Crippen LogP contribution is -2.35. The van der Waals surface area contributed by atoms with E-state index in [1.54, 1.807) is 29.2 Å². The lowest BCUT2D eigenvalue weighted by atomic mass is 10.1. The zero-order valence-corrected chi connectivity index (χ0v) is 15.7. The van der Waals surface area contributed by atoms with Gasteiger partial charge in [0.1, 0.15) is 17.2 Å². The number of amides is 1. The van der Waals surface area contributed by atoms with Crippen LogP contribution < -0.4 is 5.32 Å². The fraction of sp³-hybridized carbons (Fsp3) is 0.143. The topological polar surface area (TPSA) is 98.5 Å². The fourth-order valence-electron chi connectivity index (χ4n) is 3.31. The summed E-state index contributed by atoms with van der Waals surface area (Å²) < 4.78 is 1.72. The van der Waals surface area contributed by atoms with Crippen molar-refractivity contribution < 1.29 is 4.79 Å². The third-order valence-corrected chi connectivity index (χ3v) is 4.75. The highest BCUT2D eigenvalue weighted by Crippen LogP contribution is 2.24. The van der Waals surface area contributed by atoms with Crippen LogP contribution in [0.1, 0.15) is 16.3 Å². The number of benzene rings is 1. The van der Waals surface area contributed by atoms with Gasteiger partial charge in [0, 0.05) is 30.1 Å². The average Bonchev–Trinajstić information content (AvgIpc) is 3.20. The molecule has 1 amide bonds.